The first-order valence-corrected chi connectivity index (χ1v) is 12.1. The van der Waals surface area contributed by atoms with Gasteiger partial charge in [0.1, 0.15) is 17.0 Å². The van der Waals surface area contributed by atoms with Crippen molar-refractivity contribution < 1.29 is 12.8 Å². The van der Waals surface area contributed by atoms with Crippen molar-refractivity contribution in [3.8, 4) is 11.3 Å². The van der Waals surface area contributed by atoms with E-state index in [1.54, 1.807) is 6.20 Å². The van der Waals surface area contributed by atoms with Crippen LogP contribution in [0, 0.1) is 5.92 Å². The Morgan fingerprint density at radius 2 is 2.00 bits per heavy atom. The zero-order chi connectivity index (χ0) is 22.4. The monoisotopic (exact) mass is 461 g/mol. The van der Waals surface area contributed by atoms with E-state index in [0.29, 0.717) is 12.5 Å². The van der Waals surface area contributed by atoms with Gasteiger partial charge in [-0.3, -0.25) is 4.18 Å². The van der Waals surface area contributed by atoms with Gasteiger partial charge < -0.3 is 9.73 Å². The molecule has 3 heterocycles. The summed E-state index contributed by atoms with van der Waals surface area (Å²) < 4.78 is 24.0. The fourth-order valence-electron chi connectivity index (χ4n) is 4.76. The maximum atomic E-state index is 11.0. The molecule has 2 aromatic carbocycles. The number of para-hydroxylation sites is 1. The van der Waals surface area contributed by atoms with Gasteiger partial charge in [-0.05, 0) is 49.4 Å². The fourth-order valence-corrected chi connectivity index (χ4v) is 5.09. The van der Waals surface area contributed by atoms with Crippen molar-refractivity contribution in [2.45, 2.75) is 25.3 Å². The van der Waals surface area contributed by atoms with Gasteiger partial charge in [-0.1, -0.05) is 24.3 Å². The molecule has 0 saturated heterocycles. The summed E-state index contributed by atoms with van der Waals surface area (Å²) in [6.45, 7) is 0.420. The predicted molar refractivity (Wildman–Crippen MR) is 129 cm³/mol. The Balaban J connectivity index is 1.27. The molecule has 5 aromatic rings. The van der Waals surface area contributed by atoms with Crippen LogP contribution in [0.25, 0.3) is 38.8 Å². The molecule has 9 heteroatoms. The van der Waals surface area contributed by atoms with Crippen LogP contribution in [0.4, 0.5) is 5.82 Å². The Morgan fingerprint density at radius 1 is 1.12 bits per heavy atom. The molecule has 1 fully saturated rings. The van der Waals surface area contributed by atoms with Crippen LogP contribution in [0.5, 0.6) is 0 Å². The number of nitrogens with one attached hydrogen (secondary N) is 1. The number of nitrogens with zero attached hydrogens (tertiary/aromatic N) is 3. The largest absolute Gasteiger partial charge is 0.456 e. The average Bonchev–Trinajstić information content (AvgIpc) is 3.54. The van der Waals surface area contributed by atoms with Crippen LogP contribution < -0.4 is 10.5 Å². The summed E-state index contributed by atoms with van der Waals surface area (Å²) in [4.78, 5) is 4.49. The lowest BCUT2D eigenvalue weighted by Crippen LogP contribution is -2.19. The molecule has 3 atom stereocenters. The van der Waals surface area contributed by atoms with E-state index < -0.39 is 11.3 Å². The van der Waals surface area contributed by atoms with Crippen molar-refractivity contribution in [3.05, 3.63) is 60.8 Å². The normalized spacial score (nSPS) is 19.5. The number of hydrogen-bond donors (Lipinski definition) is 2. The summed E-state index contributed by atoms with van der Waals surface area (Å²) in [6, 6.07) is 18.5. The summed E-state index contributed by atoms with van der Waals surface area (Å²) in [6.07, 6.45) is 4.73. The van der Waals surface area contributed by atoms with Crippen LogP contribution in [0.3, 0.4) is 0 Å². The van der Waals surface area contributed by atoms with Crippen molar-refractivity contribution in [2.75, 3.05) is 11.9 Å². The molecule has 0 aliphatic heterocycles. The van der Waals surface area contributed by atoms with Gasteiger partial charge in [0.15, 0.2) is 5.65 Å². The molecule has 0 bridgehead atoms. The SMILES string of the molecule is NS(=O)OCC1CCC(Nc2ccnc3cc(-c4ccc5c(c4)oc4ccccc45)nn23)C1. The molecule has 1 saturated carbocycles. The van der Waals surface area contributed by atoms with Gasteiger partial charge in [-0.25, -0.2) is 14.3 Å². The Labute approximate surface area is 192 Å². The summed E-state index contributed by atoms with van der Waals surface area (Å²) in [5.74, 6) is 1.24. The van der Waals surface area contributed by atoms with Gasteiger partial charge >= 0.3 is 0 Å². The van der Waals surface area contributed by atoms with Gasteiger partial charge in [0.05, 0.1) is 12.3 Å². The van der Waals surface area contributed by atoms with Crippen molar-refractivity contribution in [1.29, 1.82) is 0 Å². The summed E-state index contributed by atoms with van der Waals surface area (Å²) >= 11 is -1.71. The highest BCUT2D eigenvalue weighted by atomic mass is 32.2. The highest BCUT2D eigenvalue weighted by Gasteiger charge is 2.26. The summed E-state index contributed by atoms with van der Waals surface area (Å²) in [5.41, 5.74) is 4.31. The lowest BCUT2D eigenvalue weighted by Gasteiger charge is -2.15. The van der Waals surface area contributed by atoms with Gasteiger partial charge in [0.2, 0.25) is 11.3 Å². The predicted octanol–water partition coefficient (Wildman–Crippen LogP) is 4.43. The minimum atomic E-state index is -1.71. The first-order valence-electron chi connectivity index (χ1n) is 11.0. The van der Waals surface area contributed by atoms with E-state index in [2.05, 4.69) is 28.5 Å². The molecule has 33 heavy (non-hydrogen) atoms. The van der Waals surface area contributed by atoms with Crippen LogP contribution in [-0.4, -0.2) is 31.5 Å². The molecule has 3 aromatic heterocycles. The molecule has 0 spiro atoms. The minimum absolute atomic E-state index is 0.287. The second-order valence-electron chi connectivity index (χ2n) is 8.50. The second-order valence-corrected chi connectivity index (χ2v) is 9.26. The smallest absolute Gasteiger partial charge is 0.231 e. The van der Waals surface area contributed by atoms with Crippen LogP contribution in [0.15, 0.2) is 65.2 Å². The molecule has 3 unspecified atom stereocenters. The first kappa shape index (κ1) is 20.3. The van der Waals surface area contributed by atoms with Crippen molar-refractivity contribution in [1.82, 2.24) is 14.6 Å². The molecule has 1 aliphatic rings. The van der Waals surface area contributed by atoms with Crippen LogP contribution in [0.2, 0.25) is 0 Å². The third kappa shape index (κ3) is 3.88. The Kier molecular flexibility index (Phi) is 5.09. The topological polar surface area (TPSA) is 108 Å². The standard InChI is InChI=1S/C24H23N5O3S/c25-33(30)31-14-15-5-7-17(11-15)27-23-9-10-26-24-13-20(28-29(23)24)16-6-8-19-18-3-1-2-4-21(18)32-22(19)12-16/h1-4,6,8-10,12-13,15,17,27H,5,7,11,14,25H2. The number of furan rings is 1. The van der Waals surface area contributed by atoms with E-state index in [-0.39, 0.29) is 6.04 Å². The number of nitrogens with two attached hydrogens (primary N) is 1. The molecule has 0 amide bonds. The Hall–Kier alpha value is -3.27. The zero-order valence-corrected chi connectivity index (χ0v) is 18.6. The molecule has 168 valence electrons. The zero-order valence-electron chi connectivity index (χ0n) is 17.8. The molecule has 6 rings (SSSR count). The molecular formula is C24H23N5O3S. The summed E-state index contributed by atoms with van der Waals surface area (Å²) in [7, 11) is 0. The van der Waals surface area contributed by atoms with Crippen LogP contribution in [-0.2, 0) is 15.4 Å². The molecule has 8 nitrogen and oxygen atoms in total. The van der Waals surface area contributed by atoms with E-state index in [0.717, 1.165) is 63.9 Å². The number of aromatic nitrogens is 3. The van der Waals surface area contributed by atoms with E-state index >= 15 is 0 Å². The quantitative estimate of drug-likeness (QED) is 0.387. The van der Waals surface area contributed by atoms with Crippen LogP contribution >= 0.6 is 0 Å². The van der Waals surface area contributed by atoms with Gasteiger partial charge in [0, 0.05) is 34.6 Å². The molecule has 1 aliphatic carbocycles. The Morgan fingerprint density at radius 3 is 2.91 bits per heavy atom. The van der Waals surface area contributed by atoms with Crippen LogP contribution in [0.1, 0.15) is 19.3 Å². The summed E-state index contributed by atoms with van der Waals surface area (Å²) in [5, 5.41) is 15.8. The number of anilines is 1. The molecule has 0 radical (unpaired) electrons. The van der Waals surface area contributed by atoms with E-state index in [1.807, 2.05) is 40.9 Å². The van der Waals surface area contributed by atoms with E-state index in [4.69, 9.17) is 18.8 Å². The number of hydrogen-bond acceptors (Lipinski definition) is 6. The molecular weight excluding hydrogens is 438 g/mol. The minimum Gasteiger partial charge on any atom is -0.456 e. The highest BCUT2D eigenvalue weighted by Crippen LogP contribution is 2.33. The van der Waals surface area contributed by atoms with Crippen molar-refractivity contribution in [2.24, 2.45) is 11.1 Å². The highest BCUT2D eigenvalue weighted by molar-refractivity contribution is 7.77. The lowest BCUT2D eigenvalue weighted by atomic mass is 10.1. The van der Waals surface area contributed by atoms with E-state index in [9.17, 15) is 4.21 Å². The second kappa shape index (κ2) is 8.26. The lowest BCUT2D eigenvalue weighted by molar-refractivity contribution is 0.274. The maximum absolute atomic E-state index is 11.0. The number of benzene rings is 2. The fraction of sp³-hybridized carbons (Fsp3) is 0.250. The maximum Gasteiger partial charge on any atom is 0.231 e. The van der Waals surface area contributed by atoms with Crippen molar-refractivity contribution in [3.63, 3.8) is 0 Å². The molecule has 3 N–H and O–H groups in total. The third-order valence-corrected chi connectivity index (χ3v) is 6.71. The third-order valence-electron chi connectivity index (χ3n) is 6.35. The van der Waals surface area contributed by atoms with Gasteiger partial charge in [0.25, 0.3) is 0 Å². The number of rotatable bonds is 6. The first-order chi connectivity index (χ1) is 16.1. The average molecular weight is 462 g/mol. The van der Waals surface area contributed by atoms with Crippen molar-refractivity contribution >= 4 is 44.7 Å². The van der Waals surface area contributed by atoms with E-state index in [1.165, 1.54) is 0 Å². The van der Waals surface area contributed by atoms with Gasteiger partial charge in [-0.15, -0.1) is 0 Å². The van der Waals surface area contributed by atoms with Gasteiger partial charge in [-0.2, -0.15) is 9.61 Å². The number of fused-ring (bicyclic) bond motifs is 4. The Bertz CT molecular complexity index is 1490.